The van der Waals surface area contributed by atoms with Crippen molar-refractivity contribution in [3.8, 4) is 0 Å². The van der Waals surface area contributed by atoms with E-state index in [1.165, 1.54) is 315 Å². The number of nitrogens with zero attached hydrogens (tertiary/aromatic N) is 1. The van der Waals surface area contributed by atoms with Gasteiger partial charge in [-0.3, -0.25) is 13.8 Å². The molecule has 0 spiro atoms. The van der Waals surface area contributed by atoms with Gasteiger partial charge < -0.3 is 19.8 Å². The van der Waals surface area contributed by atoms with Gasteiger partial charge in [0.25, 0.3) is 0 Å². The summed E-state index contributed by atoms with van der Waals surface area (Å²) in [6.07, 6.45) is 87.6. The van der Waals surface area contributed by atoms with E-state index in [9.17, 15) is 19.4 Å². The van der Waals surface area contributed by atoms with E-state index < -0.39 is 20.0 Å². The van der Waals surface area contributed by atoms with Gasteiger partial charge >= 0.3 is 7.82 Å². The first-order chi connectivity index (χ1) is 40.5. The van der Waals surface area contributed by atoms with Gasteiger partial charge in [-0.05, 0) is 44.9 Å². The highest BCUT2D eigenvalue weighted by Gasteiger charge is 2.28. The predicted molar refractivity (Wildman–Crippen MR) is 365 cm³/mol. The van der Waals surface area contributed by atoms with Crippen LogP contribution in [0, 0.1) is 0 Å². The Balaban J connectivity index is 4.01. The van der Waals surface area contributed by atoms with Crippen molar-refractivity contribution in [1.29, 1.82) is 0 Å². The number of amides is 1. The Labute approximate surface area is 518 Å². The minimum absolute atomic E-state index is 0.0554. The number of unbranched alkanes of at least 4 members (excludes halogenated alkanes) is 52. The number of carbonyl (C=O) groups is 1. The Morgan fingerprint density at radius 2 is 0.663 bits per heavy atom. The number of aliphatic hydroxyl groups is 1. The Morgan fingerprint density at radius 1 is 0.398 bits per heavy atom. The van der Waals surface area contributed by atoms with Gasteiger partial charge in [0, 0.05) is 6.42 Å². The lowest BCUT2D eigenvalue weighted by Gasteiger charge is -2.25. The average Bonchev–Trinajstić information content (AvgIpc) is 3.49. The average molecular weight is 1190 g/mol. The minimum Gasteiger partial charge on any atom is -0.387 e. The predicted octanol–water partition coefficient (Wildman–Crippen LogP) is 23.6. The van der Waals surface area contributed by atoms with Crippen LogP contribution in [-0.2, 0) is 18.4 Å². The summed E-state index contributed by atoms with van der Waals surface area (Å²) in [6.45, 7) is 4.85. The minimum atomic E-state index is -4.36. The van der Waals surface area contributed by atoms with Gasteiger partial charge in [0.1, 0.15) is 13.2 Å². The van der Waals surface area contributed by atoms with Crippen molar-refractivity contribution in [2.75, 3.05) is 40.9 Å². The fraction of sp³-hybridized carbons (Fsp3) is 0.905. The topological polar surface area (TPSA) is 105 Å². The Kier molecular flexibility index (Phi) is 64.2. The first-order valence-corrected chi connectivity index (χ1v) is 38.4. The lowest BCUT2D eigenvalue weighted by molar-refractivity contribution is -0.870. The van der Waals surface area contributed by atoms with Crippen molar-refractivity contribution in [2.24, 2.45) is 0 Å². The zero-order chi connectivity index (χ0) is 60.5. The fourth-order valence-electron chi connectivity index (χ4n) is 11.4. The molecule has 0 aliphatic carbocycles. The number of phosphoric acid groups is 1. The molecule has 0 radical (unpaired) electrons. The molecule has 0 heterocycles. The second-order valence-corrected chi connectivity index (χ2v) is 28.1. The monoisotopic (exact) mass is 1190 g/mol. The summed E-state index contributed by atoms with van der Waals surface area (Å²) in [7, 11) is 1.56. The number of allylic oxidation sites excluding steroid dienone is 5. The third kappa shape index (κ3) is 68.1. The van der Waals surface area contributed by atoms with Crippen LogP contribution in [0.15, 0.2) is 36.5 Å². The van der Waals surface area contributed by atoms with Crippen LogP contribution in [-0.4, -0.2) is 73.4 Å². The number of carbonyl (C=O) groups excluding carboxylic acids is 1. The molecule has 0 saturated carbocycles. The molecule has 0 aliphatic rings. The molecule has 9 heteroatoms. The van der Waals surface area contributed by atoms with Crippen LogP contribution in [0.2, 0.25) is 0 Å². The van der Waals surface area contributed by atoms with Crippen LogP contribution >= 0.6 is 7.82 Å². The summed E-state index contributed by atoms with van der Waals surface area (Å²) in [4.78, 5) is 23.4. The van der Waals surface area contributed by atoms with Crippen molar-refractivity contribution in [3.05, 3.63) is 36.5 Å². The molecule has 8 nitrogen and oxygen atoms in total. The molecule has 3 atom stereocenters. The Bertz CT molecular complexity index is 1450. The second kappa shape index (κ2) is 65.2. The maximum atomic E-state index is 13.1. The molecule has 1 amide bonds. The highest BCUT2D eigenvalue weighted by molar-refractivity contribution is 7.47. The van der Waals surface area contributed by atoms with E-state index in [0.29, 0.717) is 17.4 Å². The van der Waals surface area contributed by atoms with Crippen LogP contribution in [0.5, 0.6) is 0 Å². The van der Waals surface area contributed by atoms with Gasteiger partial charge in [0.05, 0.1) is 39.9 Å². The summed E-state index contributed by atoms with van der Waals surface area (Å²) in [5.74, 6) is -0.183. The molecule has 492 valence electrons. The summed E-state index contributed by atoms with van der Waals surface area (Å²) in [5.41, 5.74) is 0. The first kappa shape index (κ1) is 81.7. The summed E-state index contributed by atoms with van der Waals surface area (Å²) in [5, 5.41) is 14.0. The number of phosphoric ester groups is 1. The lowest BCUT2D eigenvalue weighted by Crippen LogP contribution is -2.45. The SMILES string of the molecule is CCCCCCCCCCCCCCCCC/C=C/CC/C=C/CC/C=C/C(O)C(COP(=O)(O)OCC[N+](C)(C)C)NC(=O)CCCCCCCCCCCCCCCCCCCCCCCCCCCCCCCCCCCCCC. The molecule has 0 bridgehead atoms. The van der Waals surface area contributed by atoms with Crippen molar-refractivity contribution in [1.82, 2.24) is 5.32 Å². The highest BCUT2D eigenvalue weighted by Crippen LogP contribution is 2.43. The van der Waals surface area contributed by atoms with Crippen LogP contribution < -0.4 is 5.32 Å². The van der Waals surface area contributed by atoms with Crippen molar-refractivity contribution < 1.29 is 32.9 Å². The molecule has 0 aromatic carbocycles. The van der Waals surface area contributed by atoms with Gasteiger partial charge in [-0.25, -0.2) is 4.57 Å². The van der Waals surface area contributed by atoms with Crippen LogP contribution in [0.4, 0.5) is 0 Å². The zero-order valence-electron chi connectivity index (χ0n) is 56.5. The molecule has 0 aromatic rings. The number of hydrogen-bond donors (Lipinski definition) is 3. The smallest absolute Gasteiger partial charge is 0.387 e. The van der Waals surface area contributed by atoms with Gasteiger partial charge in [-0.1, -0.05) is 365 Å². The highest BCUT2D eigenvalue weighted by atomic mass is 31.2. The summed E-state index contributed by atoms with van der Waals surface area (Å²) < 4.78 is 23.8. The van der Waals surface area contributed by atoms with Crippen LogP contribution in [0.1, 0.15) is 380 Å². The number of nitrogens with one attached hydrogen (secondary N) is 1. The molecule has 0 saturated heterocycles. The Morgan fingerprint density at radius 3 is 0.964 bits per heavy atom. The van der Waals surface area contributed by atoms with Gasteiger partial charge in [-0.15, -0.1) is 0 Å². The Hall–Kier alpha value is -1.28. The molecular formula is C74H146N2O6P+. The molecule has 0 aliphatic heterocycles. The fourth-order valence-corrected chi connectivity index (χ4v) is 12.1. The third-order valence-electron chi connectivity index (χ3n) is 17.1. The number of hydrogen-bond acceptors (Lipinski definition) is 5. The molecule has 3 N–H and O–H groups in total. The number of quaternary nitrogens is 1. The van der Waals surface area contributed by atoms with E-state index >= 15 is 0 Å². The number of rotatable bonds is 69. The third-order valence-corrected chi connectivity index (χ3v) is 18.1. The molecular weight excluding hydrogens is 1040 g/mol. The van der Waals surface area contributed by atoms with Crippen molar-refractivity contribution in [3.63, 3.8) is 0 Å². The van der Waals surface area contributed by atoms with Crippen molar-refractivity contribution >= 4 is 13.7 Å². The van der Waals surface area contributed by atoms with Gasteiger partial charge in [-0.2, -0.15) is 0 Å². The standard InChI is InChI=1S/C74H145N2O6P/c1-6-8-10-12-14-16-18-20-22-24-26-28-30-32-33-34-35-36-37-38-39-40-41-42-44-46-48-50-52-54-56-58-60-62-64-66-68-74(78)75-72(71-82-83(79,80)81-70-69-76(3,4)5)73(77)67-65-63-61-59-57-55-53-51-49-47-45-43-31-29-27-25-23-21-19-17-15-13-11-9-7-2/h49,51,57,59,65,67,72-73,77H,6-48,50,52-56,58,60-64,66,68-71H2,1-5H3,(H-,75,78,79,80)/p+1/b51-49+,59-57+,67-65+. The molecule has 3 unspecified atom stereocenters. The van der Waals surface area contributed by atoms with Gasteiger partial charge in [0.15, 0.2) is 0 Å². The largest absolute Gasteiger partial charge is 0.472 e. The normalized spacial score (nSPS) is 13.8. The molecule has 0 rings (SSSR count). The molecule has 83 heavy (non-hydrogen) atoms. The number of aliphatic hydroxyl groups excluding tert-OH is 1. The number of likely N-dealkylation sites (N-methyl/N-ethyl adjacent to an activating group) is 1. The maximum absolute atomic E-state index is 13.1. The maximum Gasteiger partial charge on any atom is 0.472 e. The van der Waals surface area contributed by atoms with E-state index in [1.807, 2.05) is 27.2 Å². The van der Waals surface area contributed by atoms with Crippen LogP contribution in [0.25, 0.3) is 0 Å². The van der Waals surface area contributed by atoms with Crippen LogP contribution in [0.3, 0.4) is 0 Å². The van der Waals surface area contributed by atoms with Gasteiger partial charge in [0.2, 0.25) is 5.91 Å². The lowest BCUT2D eigenvalue weighted by atomic mass is 10.0. The molecule has 0 fully saturated rings. The quantitative estimate of drug-likeness (QED) is 0.0243. The summed E-state index contributed by atoms with van der Waals surface area (Å²) >= 11 is 0. The summed E-state index contributed by atoms with van der Waals surface area (Å²) in [6, 6.07) is -0.870. The van der Waals surface area contributed by atoms with Crippen molar-refractivity contribution in [2.45, 2.75) is 392 Å². The van der Waals surface area contributed by atoms with E-state index in [0.717, 1.165) is 44.9 Å². The molecule has 0 aromatic heterocycles. The van der Waals surface area contributed by atoms with E-state index in [-0.39, 0.29) is 19.1 Å². The zero-order valence-corrected chi connectivity index (χ0v) is 57.4. The van der Waals surface area contributed by atoms with E-state index in [2.05, 4.69) is 43.5 Å². The van der Waals surface area contributed by atoms with E-state index in [1.54, 1.807) is 6.08 Å². The first-order valence-electron chi connectivity index (χ1n) is 36.9. The second-order valence-electron chi connectivity index (χ2n) is 26.7. The van der Waals surface area contributed by atoms with E-state index in [4.69, 9.17) is 9.05 Å².